The van der Waals surface area contributed by atoms with E-state index >= 15 is 0 Å². The van der Waals surface area contributed by atoms with Gasteiger partial charge in [-0.05, 0) is 31.5 Å². The molecule has 2 aromatic heterocycles. The molecule has 6 nitrogen and oxygen atoms in total. The molecule has 1 amide bonds. The summed E-state index contributed by atoms with van der Waals surface area (Å²) in [6.45, 7) is 7.33. The number of hydrogen-bond acceptors (Lipinski definition) is 3. The van der Waals surface area contributed by atoms with Crippen molar-refractivity contribution in [3.63, 3.8) is 0 Å². The van der Waals surface area contributed by atoms with Crippen molar-refractivity contribution in [1.29, 1.82) is 0 Å². The van der Waals surface area contributed by atoms with E-state index in [-0.39, 0.29) is 5.91 Å². The Labute approximate surface area is 141 Å². The molecule has 3 rings (SSSR count). The van der Waals surface area contributed by atoms with E-state index in [1.807, 2.05) is 37.5 Å². The maximum Gasteiger partial charge on any atom is 0.221 e. The third-order valence-corrected chi connectivity index (χ3v) is 4.12. The van der Waals surface area contributed by atoms with E-state index in [1.165, 1.54) is 6.92 Å². The molecule has 0 aliphatic carbocycles. The Kier molecular flexibility index (Phi) is 4.64. The number of carbonyl (C=O) groups excluding carboxylic acids is 1. The highest BCUT2D eigenvalue weighted by molar-refractivity contribution is 5.91. The van der Waals surface area contributed by atoms with Crippen LogP contribution in [-0.4, -0.2) is 25.0 Å². The summed E-state index contributed by atoms with van der Waals surface area (Å²) in [7, 11) is 0. The molecule has 0 aliphatic heterocycles. The predicted octanol–water partition coefficient (Wildman–Crippen LogP) is 3.35. The summed E-state index contributed by atoms with van der Waals surface area (Å²) < 4.78 is 4.37. The Morgan fingerprint density at radius 2 is 2.17 bits per heavy atom. The standard InChI is InChI=1S/C18H23N5O/c1-4-5-9-23-17-7-6-15(20-14(3)24)11-16(17)21-18(23)12-22-10-8-19-13(22)2/h6-8,10-11H,4-5,9,12H2,1-3H3,(H,20,24). The van der Waals surface area contributed by atoms with Crippen LogP contribution in [0.1, 0.15) is 38.3 Å². The number of aromatic nitrogens is 4. The second kappa shape index (κ2) is 6.86. The van der Waals surface area contributed by atoms with E-state index in [0.29, 0.717) is 6.54 Å². The summed E-state index contributed by atoms with van der Waals surface area (Å²) >= 11 is 0. The molecular weight excluding hydrogens is 302 g/mol. The average molecular weight is 325 g/mol. The number of fused-ring (bicyclic) bond motifs is 1. The number of benzene rings is 1. The lowest BCUT2D eigenvalue weighted by molar-refractivity contribution is -0.114. The summed E-state index contributed by atoms with van der Waals surface area (Å²) in [5, 5.41) is 2.82. The Bertz CT molecular complexity index is 862. The number of hydrogen-bond donors (Lipinski definition) is 1. The number of amides is 1. The van der Waals surface area contributed by atoms with Gasteiger partial charge in [-0.25, -0.2) is 9.97 Å². The number of rotatable bonds is 6. The molecule has 0 unspecified atom stereocenters. The average Bonchev–Trinajstić information content (AvgIpc) is 3.08. The molecule has 0 spiro atoms. The van der Waals surface area contributed by atoms with Gasteiger partial charge < -0.3 is 14.5 Å². The minimum absolute atomic E-state index is 0.0750. The number of nitrogens with zero attached hydrogens (tertiary/aromatic N) is 4. The number of aryl methyl sites for hydroxylation is 2. The molecule has 1 aromatic carbocycles. The van der Waals surface area contributed by atoms with Crippen LogP contribution in [0.5, 0.6) is 0 Å². The fourth-order valence-electron chi connectivity index (χ4n) is 2.87. The zero-order valence-electron chi connectivity index (χ0n) is 14.4. The third-order valence-electron chi connectivity index (χ3n) is 4.12. The van der Waals surface area contributed by atoms with Crippen LogP contribution < -0.4 is 5.32 Å². The highest BCUT2D eigenvalue weighted by Crippen LogP contribution is 2.22. The van der Waals surface area contributed by atoms with Gasteiger partial charge in [-0.1, -0.05) is 13.3 Å². The van der Waals surface area contributed by atoms with Crippen LogP contribution in [0.3, 0.4) is 0 Å². The lowest BCUT2D eigenvalue weighted by Gasteiger charge is -2.10. The number of unbranched alkanes of at least 4 members (excludes halogenated alkanes) is 1. The van der Waals surface area contributed by atoms with Gasteiger partial charge in [-0.15, -0.1) is 0 Å². The second-order valence-corrected chi connectivity index (χ2v) is 6.02. The molecule has 0 saturated carbocycles. The molecule has 1 N–H and O–H groups in total. The van der Waals surface area contributed by atoms with E-state index in [9.17, 15) is 4.79 Å². The van der Waals surface area contributed by atoms with Gasteiger partial charge in [0.25, 0.3) is 0 Å². The van der Waals surface area contributed by atoms with Gasteiger partial charge in [0, 0.05) is 31.5 Å². The first-order valence-corrected chi connectivity index (χ1v) is 8.33. The number of carbonyl (C=O) groups is 1. The van der Waals surface area contributed by atoms with Crippen LogP contribution >= 0.6 is 0 Å². The Balaban J connectivity index is 2.01. The molecule has 3 aromatic rings. The van der Waals surface area contributed by atoms with Crippen LogP contribution in [0, 0.1) is 6.92 Å². The fourth-order valence-corrected chi connectivity index (χ4v) is 2.87. The smallest absolute Gasteiger partial charge is 0.221 e. The first-order valence-electron chi connectivity index (χ1n) is 8.33. The highest BCUT2D eigenvalue weighted by Gasteiger charge is 2.12. The minimum atomic E-state index is -0.0750. The molecule has 0 saturated heterocycles. The van der Waals surface area contributed by atoms with Gasteiger partial charge in [0.15, 0.2) is 0 Å². The molecule has 0 bridgehead atoms. The summed E-state index contributed by atoms with van der Waals surface area (Å²) in [6.07, 6.45) is 6.02. The second-order valence-electron chi connectivity index (χ2n) is 6.02. The molecule has 6 heteroatoms. The van der Waals surface area contributed by atoms with Crippen LogP contribution in [0.4, 0.5) is 5.69 Å². The van der Waals surface area contributed by atoms with Crippen molar-refractivity contribution in [3.05, 3.63) is 42.2 Å². The number of imidazole rings is 2. The van der Waals surface area contributed by atoms with Gasteiger partial charge in [-0.2, -0.15) is 0 Å². The first-order chi connectivity index (χ1) is 11.6. The lowest BCUT2D eigenvalue weighted by Crippen LogP contribution is -2.09. The zero-order chi connectivity index (χ0) is 17.1. The van der Waals surface area contributed by atoms with Crippen molar-refractivity contribution < 1.29 is 4.79 Å². The third kappa shape index (κ3) is 3.32. The van der Waals surface area contributed by atoms with Crippen molar-refractivity contribution in [2.24, 2.45) is 0 Å². The Morgan fingerprint density at radius 3 is 2.83 bits per heavy atom. The quantitative estimate of drug-likeness (QED) is 0.756. The van der Waals surface area contributed by atoms with Crippen molar-refractivity contribution in [2.45, 2.75) is 46.7 Å². The van der Waals surface area contributed by atoms with Crippen molar-refractivity contribution in [3.8, 4) is 0 Å². The molecule has 0 aliphatic rings. The summed E-state index contributed by atoms with van der Waals surface area (Å²) in [5.74, 6) is 1.91. The maximum atomic E-state index is 11.3. The van der Waals surface area contributed by atoms with E-state index < -0.39 is 0 Å². The van der Waals surface area contributed by atoms with Crippen molar-refractivity contribution in [2.75, 3.05) is 5.32 Å². The van der Waals surface area contributed by atoms with Gasteiger partial charge in [-0.3, -0.25) is 4.79 Å². The monoisotopic (exact) mass is 325 g/mol. The maximum absolute atomic E-state index is 11.3. The predicted molar refractivity (Wildman–Crippen MR) is 95.0 cm³/mol. The topological polar surface area (TPSA) is 64.7 Å². The fraction of sp³-hybridized carbons (Fsp3) is 0.389. The van der Waals surface area contributed by atoms with E-state index in [0.717, 1.165) is 47.8 Å². The van der Waals surface area contributed by atoms with Gasteiger partial charge in [0.1, 0.15) is 11.6 Å². The van der Waals surface area contributed by atoms with Gasteiger partial charge in [0.2, 0.25) is 5.91 Å². The van der Waals surface area contributed by atoms with Crippen molar-refractivity contribution >= 4 is 22.6 Å². The molecule has 126 valence electrons. The number of nitrogens with one attached hydrogen (secondary N) is 1. The summed E-state index contributed by atoms with van der Waals surface area (Å²) in [6, 6.07) is 5.90. The highest BCUT2D eigenvalue weighted by atomic mass is 16.1. The van der Waals surface area contributed by atoms with Crippen molar-refractivity contribution in [1.82, 2.24) is 19.1 Å². The lowest BCUT2D eigenvalue weighted by atomic mass is 10.2. The normalized spacial score (nSPS) is 11.1. The molecular formula is C18H23N5O. The molecule has 0 atom stereocenters. The van der Waals surface area contributed by atoms with Crippen LogP contribution in [0.2, 0.25) is 0 Å². The van der Waals surface area contributed by atoms with Crippen LogP contribution in [0.25, 0.3) is 11.0 Å². The van der Waals surface area contributed by atoms with E-state index in [1.54, 1.807) is 0 Å². The first kappa shape index (κ1) is 16.2. The molecule has 2 heterocycles. The van der Waals surface area contributed by atoms with Gasteiger partial charge >= 0.3 is 0 Å². The van der Waals surface area contributed by atoms with E-state index in [2.05, 4.69) is 26.4 Å². The largest absolute Gasteiger partial charge is 0.328 e. The van der Waals surface area contributed by atoms with Crippen LogP contribution in [0.15, 0.2) is 30.6 Å². The molecule has 24 heavy (non-hydrogen) atoms. The Hall–Kier alpha value is -2.63. The van der Waals surface area contributed by atoms with E-state index in [4.69, 9.17) is 4.98 Å². The Morgan fingerprint density at radius 1 is 1.33 bits per heavy atom. The molecule has 0 fully saturated rings. The van der Waals surface area contributed by atoms with Crippen LogP contribution in [-0.2, 0) is 17.9 Å². The minimum Gasteiger partial charge on any atom is -0.328 e. The summed E-state index contributed by atoms with van der Waals surface area (Å²) in [4.78, 5) is 20.4. The summed E-state index contributed by atoms with van der Waals surface area (Å²) in [5.41, 5.74) is 2.79. The molecule has 0 radical (unpaired) electrons. The zero-order valence-corrected chi connectivity index (χ0v) is 14.4. The number of anilines is 1. The SMILES string of the molecule is CCCCn1c(Cn2ccnc2C)nc2cc(NC(C)=O)ccc21. The van der Waals surface area contributed by atoms with Gasteiger partial charge in [0.05, 0.1) is 17.6 Å².